The number of nitrogens with one attached hydrogen (secondary N) is 1. The van der Waals surface area contributed by atoms with Crippen LogP contribution in [0.5, 0.6) is 5.88 Å². The van der Waals surface area contributed by atoms with Gasteiger partial charge in [-0.25, -0.2) is 4.98 Å². The fourth-order valence-corrected chi connectivity index (χ4v) is 3.03. The Morgan fingerprint density at radius 1 is 1.27 bits per heavy atom. The lowest BCUT2D eigenvalue weighted by atomic mass is 9.97. The van der Waals surface area contributed by atoms with Gasteiger partial charge in [-0.3, -0.25) is 9.78 Å². The monoisotopic (exact) mass is 365 g/mol. The van der Waals surface area contributed by atoms with E-state index in [4.69, 9.17) is 4.74 Å². The number of carbonyl (C=O) groups excluding carboxylic acids is 1. The Morgan fingerprint density at radius 3 is 2.69 bits per heavy atom. The maximum Gasteiger partial charge on any atom is 0.422 e. The van der Waals surface area contributed by atoms with E-state index in [-0.39, 0.29) is 17.4 Å². The number of alkyl halides is 3. The third-order valence-corrected chi connectivity index (χ3v) is 4.23. The van der Waals surface area contributed by atoms with Crippen molar-refractivity contribution in [1.29, 1.82) is 0 Å². The number of anilines is 1. The van der Waals surface area contributed by atoms with Crippen LogP contribution in [0.4, 0.5) is 18.9 Å². The summed E-state index contributed by atoms with van der Waals surface area (Å²) in [6.07, 6.45) is 3.56. The predicted molar refractivity (Wildman–Crippen MR) is 89.2 cm³/mol. The first-order valence-electron chi connectivity index (χ1n) is 8.33. The van der Waals surface area contributed by atoms with E-state index >= 15 is 0 Å². The third kappa shape index (κ3) is 4.71. The number of ether oxygens (including phenoxy) is 1. The lowest BCUT2D eigenvalue weighted by Crippen LogP contribution is -2.21. The molecule has 0 aliphatic heterocycles. The van der Waals surface area contributed by atoms with Crippen molar-refractivity contribution in [3.63, 3.8) is 0 Å². The van der Waals surface area contributed by atoms with Crippen molar-refractivity contribution in [2.24, 2.45) is 0 Å². The molecule has 0 saturated heterocycles. The Morgan fingerprint density at radius 2 is 2.04 bits per heavy atom. The van der Waals surface area contributed by atoms with Crippen LogP contribution in [0.15, 0.2) is 36.8 Å². The Labute approximate surface area is 148 Å². The number of rotatable bonds is 5. The SMILES string of the molecule is O=C(Nc1cccnc1)c1cnc(OCC(F)(F)F)c(C2CCCC2)c1. The van der Waals surface area contributed by atoms with Gasteiger partial charge in [0.2, 0.25) is 5.88 Å². The summed E-state index contributed by atoms with van der Waals surface area (Å²) in [7, 11) is 0. The largest absolute Gasteiger partial charge is 0.468 e. The summed E-state index contributed by atoms with van der Waals surface area (Å²) in [6.45, 7) is -1.40. The fraction of sp³-hybridized carbons (Fsp3) is 0.389. The van der Waals surface area contributed by atoms with E-state index in [0.717, 1.165) is 25.7 Å². The summed E-state index contributed by atoms with van der Waals surface area (Å²) >= 11 is 0. The van der Waals surface area contributed by atoms with Crippen LogP contribution in [0.3, 0.4) is 0 Å². The molecule has 5 nitrogen and oxygen atoms in total. The summed E-state index contributed by atoms with van der Waals surface area (Å²) in [5.74, 6) is -0.392. The Kier molecular flexibility index (Phi) is 5.39. The number of halogens is 3. The number of hydrogen-bond donors (Lipinski definition) is 1. The molecule has 1 aliphatic rings. The molecule has 2 aromatic rings. The average molecular weight is 365 g/mol. The van der Waals surface area contributed by atoms with Crippen LogP contribution in [-0.4, -0.2) is 28.7 Å². The van der Waals surface area contributed by atoms with E-state index in [9.17, 15) is 18.0 Å². The molecule has 0 aromatic carbocycles. The van der Waals surface area contributed by atoms with E-state index in [0.29, 0.717) is 11.3 Å². The highest BCUT2D eigenvalue weighted by Crippen LogP contribution is 2.38. The number of hydrogen-bond acceptors (Lipinski definition) is 4. The molecule has 0 spiro atoms. The van der Waals surface area contributed by atoms with Gasteiger partial charge in [0.25, 0.3) is 5.91 Å². The van der Waals surface area contributed by atoms with E-state index in [2.05, 4.69) is 15.3 Å². The van der Waals surface area contributed by atoms with E-state index in [1.54, 1.807) is 24.4 Å². The second kappa shape index (κ2) is 7.72. The Hall–Kier alpha value is -2.64. The van der Waals surface area contributed by atoms with Gasteiger partial charge in [0.15, 0.2) is 6.61 Å². The highest BCUT2D eigenvalue weighted by Gasteiger charge is 2.30. The van der Waals surface area contributed by atoms with Gasteiger partial charge >= 0.3 is 6.18 Å². The summed E-state index contributed by atoms with van der Waals surface area (Å²) in [5, 5.41) is 2.69. The number of amides is 1. The van der Waals surface area contributed by atoms with Gasteiger partial charge in [-0.1, -0.05) is 12.8 Å². The van der Waals surface area contributed by atoms with Gasteiger partial charge < -0.3 is 10.1 Å². The van der Waals surface area contributed by atoms with Crippen molar-refractivity contribution >= 4 is 11.6 Å². The van der Waals surface area contributed by atoms with Gasteiger partial charge in [0.1, 0.15) is 0 Å². The molecule has 0 bridgehead atoms. The number of aromatic nitrogens is 2. The van der Waals surface area contributed by atoms with Gasteiger partial charge in [-0.15, -0.1) is 0 Å². The number of pyridine rings is 2. The van der Waals surface area contributed by atoms with E-state index in [1.165, 1.54) is 12.4 Å². The van der Waals surface area contributed by atoms with Crippen LogP contribution in [-0.2, 0) is 0 Å². The van der Waals surface area contributed by atoms with Crippen molar-refractivity contribution in [1.82, 2.24) is 9.97 Å². The van der Waals surface area contributed by atoms with Gasteiger partial charge in [-0.05, 0) is 37.0 Å². The molecule has 1 amide bonds. The Balaban J connectivity index is 1.82. The maximum absolute atomic E-state index is 12.5. The molecular weight excluding hydrogens is 347 g/mol. The number of carbonyl (C=O) groups is 1. The normalized spacial score (nSPS) is 15.0. The first-order valence-corrected chi connectivity index (χ1v) is 8.33. The van der Waals surface area contributed by atoms with Crippen molar-refractivity contribution in [3.05, 3.63) is 47.9 Å². The molecule has 1 saturated carbocycles. The van der Waals surface area contributed by atoms with E-state index in [1.807, 2.05) is 0 Å². The van der Waals surface area contributed by atoms with Crippen molar-refractivity contribution < 1.29 is 22.7 Å². The van der Waals surface area contributed by atoms with Crippen LogP contribution >= 0.6 is 0 Å². The second-order valence-corrected chi connectivity index (χ2v) is 6.20. The highest BCUT2D eigenvalue weighted by molar-refractivity contribution is 6.04. The minimum atomic E-state index is -4.44. The molecule has 3 rings (SSSR count). The van der Waals surface area contributed by atoms with Crippen LogP contribution in [0.2, 0.25) is 0 Å². The first-order chi connectivity index (χ1) is 12.4. The molecule has 0 atom stereocenters. The minimum Gasteiger partial charge on any atom is -0.468 e. The van der Waals surface area contributed by atoms with Crippen molar-refractivity contribution in [3.8, 4) is 5.88 Å². The van der Waals surface area contributed by atoms with Gasteiger partial charge in [-0.2, -0.15) is 13.2 Å². The smallest absolute Gasteiger partial charge is 0.422 e. The summed E-state index contributed by atoms with van der Waals surface area (Å²) in [4.78, 5) is 20.3. The molecular formula is C18H18F3N3O2. The van der Waals surface area contributed by atoms with Crippen molar-refractivity contribution in [2.45, 2.75) is 37.8 Å². The molecule has 0 radical (unpaired) electrons. The first kappa shape index (κ1) is 18.2. The zero-order valence-electron chi connectivity index (χ0n) is 13.9. The van der Waals surface area contributed by atoms with Gasteiger partial charge in [0.05, 0.1) is 17.4 Å². The minimum absolute atomic E-state index is 0.0489. The lowest BCUT2D eigenvalue weighted by molar-refractivity contribution is -0.154. The molecule has 8 heteroatoms. The fourth-order valence-electron chi connectivity index (χ4n) is 3.03. The van der Waals surface area contributed by atoms with Crippen molar-refractivity contribution in [2.75, 3.05) is 11.9 Å². The zero-order chi connectivity index (χ0) is 18.6. The molecule has 2 heterocycles. The van der Waals surface area contributed by atoms with Gasteiger partial charge in [0, 0.05) is 18.0 Å². The Bertz CT molecular complexity index is 760. The molecule has 2 aromatic heterocycles. The maximum atomic E-state index is 12.5. The van der Waals surface area contributed by atoms with Crippen LogP contribution in [0, 0.1) is 0 Å². The quantitative estimate of drug-likeness (QED) is 0.857. The molecule has 1 N–H and O–H groups in total. The summed E-state index contributed by atoms with van der Waals surface area (Å²) in [5.41, 5.74) is 1.36. The zero-order valence-corrected chi connectivity index (χ0v) is 13.9. The third-order valence-electron chi connectivity index (χ3n) is 4.23. The standard InChI is InChI=1S/C18H18F3N3O2/c19-18(20,21)11-26-17-15(12-4-1-2-5-12)8-13(9-23-17)16(25)24-14-6-3-7-22-10-14/h3,6-10,12H,1-2,4-5,11H2,(H,24,25). The number of nitrogens with zero attached hydrogens (tertiary/aromatic N) is 2. The molecule has 1 aliphatic carbocycles. The highest BCUT2D eigenvalue weighted by atomic mass is 19.4. The lowest BCUT2D eigenvalue weighted by Gasteiger charge is -2.17. The van der Waals surface area contributed by atoms with Crippen LogP contribution < -0.4 is 10.1 Å². The summed E-state index contributed by atoms with van der Waals surface area (Å²) < 4.78 is 42.3. The molecule has 0 unspecified atom stereocenters. The topological polar surface area (TPSA) is 64.1 Å². The molecule has 138 valence electrons. The van der Waals surface area contributed by atoms with E-state index < -0.39 is 18.7 Å². The summed E-state index contributed by atoms with van der Waals surface area (Å²) in [6, 6.07) is 4.96. The van der Waals surface area contributed by atoms with Crippen LogP contribution in [0.25, 0.3) is 0 Å². The molecule has 1 fully saturated rings. The molecule has 26 heavy (non-hydrogen) atoms. The average Bonchev–Trinajstić information content (AvgIpc) is 3.14. The van der Waals surface area contributed by atoms with Crippen LogP contribution in [0.1, 0.15) is 47.5 Å². The predicted octanol–water partition coefficient (Wildman–Crippen LogP) is 4.33. The second-order valence-electron chi connectivity index (χ2n) is 6.20.